The van der Waals surface area contributed by atoms with Crippen LogP contribution in [0.25, 0.3) is 0 Å². The summed E-state index contributed by atoms with van der Waals surface area (Å²) < 4.78 is 0. The normalized spacial score (nSPS) is 20.8. The highest BCUT2D eigenvalue weighted by Gasteiger charge is 2.18. The zero-order valence-corrected chi connectivity index (χ0v) is 6.55. The number of rotatable bonds is 0. The van der Waals surface area contributed by atoms with Crippen LogP contribution in [0.15, 0.2) is 17.4 Å². The van der Waals surface area contributed by atoms with E-state index in [1.165, 1.54) is 6.21 Å². The number of aliphatic hydroxyl groups excluding tert-OH is 1. The van der Waals surface area contributed by atoms with Crippen LogP contribution >= 0.6 is 0 Å². The van der Waals surface area contributed by atoms with Crippen LogP contribution in [0.5, 0.6) is 0 Å². The molecule has 12 heavy (non-hydrogen) atoms. The minimum absolute atomic E-state index is 0.653. The lowest BCUT2D eigenvalue weighted by atomic mass is 10.3. The van der Waals surface area contributed by atoms with Crippen LogP contribution in [-0.4, -0.2) is 34.7 Å². The third-order valence-electron chi connectivity index (χ3n) is 1.72. The van der Waals surface area contributed by atoms with E-state index in [0.29, 0.717) is 11.5 Å². The van der Waals surface area contributed by atoms with Crippen molar-refractivity contribution in [1.29, 1.82) is 0 Å². The Labute approximate surface area is 69.4 Å². The molecule has 0 spiro atoms. The highest BCUT2D eigenvalue weighted by Crippen LogP contribution is 2.17. The van der Waals surface area contributed by atoms with E-state index in [-0.39, 0.29) is 0 Å². The van der Waals surface area contributed by atoms with E-state index in [0.717, 1.165) is 0 Å². The number of hydrogen-bond acceptors (Lipinski definition) is 5. The summed E-state index contributed by atoms with van der Waals surface area (Å²) in [6.07, 6.45) is 3.86. The Balaban J connectivity index is 2.52. The highest BCUT2D eigenvalue weighted by molar-refractivity contribution is 5.85. The molecule has 0 radical (unpaired) electrons. The second-order valence-corrected chi connectivity index (χ2v) is 2.50. The second-order valence-electron chi connectivity index (χ2n) is 2.50. The van der Waals surface area contributed by atoms with Crippen LogP contribution in [0.1, 0.15) is 5.69 Å². The van der Waals surface area contributed by atoms with Crippen molar-refractivity contribution < 1.29 is 5.11 Å². The van der Waals surface area contributed by atoms with Gasteiger partial charge in [0.05, 0.1) is 6.21 Å². The van der Waals surface area contributed by atoms with E-state index in [1.807, 2.05) is 0 Å². The molecule has 0 aliphatic carbocycles. The summed E-state index contributed by atoms with van der Waals surface area (Å²) in [5.74, 6) is 0.653. The quantitative estimate of drug-likeness (QED) is 0.567. The lowest BCUT2D eigenvalue weighted by molar-refractivity contribution is 0.183. The van der Waals surface area contributed by atoms with Crippen LogP contribution in [0.3, 0.4) is 0 Å². The van der Waals surface area contributed by atoms with Gasteiger partial charge in [-0.25, -0.2) is 15.0 Å². The number of aliphatic hydroxyl groups is 1. The van der Waals surface area contributed by atoms with Gasteiger partial charge in [-0.1, -0.05) is 0 Å². The number of anilines is 1. The van der Waals surface area contributed by atoms with E-state index >= 15 is 0 Å². The minimum atomic E-state index is -0.839. The Morgan fingerprint density at radius 3 is 3.00 bits per heavy atom. The maximum Gasteiger partial charge on any atom is 0.226 e. The van der Waals surface area contributed by atoms with E-state index in [2.05, 4.69) is 15.0 Å². The molecule has 1 aromatic heterocycles. The maximum atomic E-state index is 9.28. The lowest BCUT2D eigenvalue weighted by Crippen LogP contribution is -2.34. The average molecular weight is 164 g/mol. The summed E-state index contributed by atoms with van der Waals surface area (Å²) in [4.78, 5) is 13.5. The first-order valence-electron chi connectivity index (χ1n) is 3.54. The smallest absolute Gasteiger partial charge is 0.226 e. The summed E-state index contributed by atoms with van der Waals surface area (Å²) in [6.45, 7) is 0. The monoisotopic (exact) mass is 164 g/mol. The van der Waals surface area contributed by atoms with Crippen molar-refractivity contribution in [2.75, 3.05) is 11.9 Å². The third kappa shape index (κ3) is 0.947. The van der Waals surface area contributed by atoms with Crippen molar-refractivity contribution in [2.45, 2.75) is 6.35 Å². The van der Waals surface area contributed by atoms with Crippen LogP contribution in [0.4, 0.5) is 5.82 Å². The largest absolute Gasteiger partial charge is 0.355 e. The molecule has 1 unspecified atom stereocenters. The maximum absolute atomic E-state index is 9.28. The van der Waals surface area contributed by atoms with E-state index < -0.39 is 6.35 Å². The first-order chi connectivity index (χ1) is 5.79. The van der Waals surface area contributed by atoms with Gasteiger partial charge in [0.1, 0.15) is 5.69 Å². The van der Waals surface area contributed by atoms with E-state index in [1.54, 1.807) is 24.3 Å². The Morgan fingerprint density at radius 2 is 2.17 bits per heavy atom. The fraction of sp³-hybridized carbons (Fsp3) is 0.286. The molecule has 0 bridgehead atoms. The molecule has 1 aliphatic rings. The standard InChI is InChI=1S/C7H8N4O/c1-11-6-5(4-10-7(11)12)8-2-3-9-6/h2-4,7,12H,1H3. The molecule has 5 heteroatoms. The fourth-order valence-electron chi connectivity index (χ4n) is 1.05. The highest BCUT2D eigenvalue weighted by atomic mass is 16.3. The van der Waals surface area contributed by atoms with Gasteiger partial charge in [0, 0.05) is 19.4 Å². The molecule has 0 saturated heterocycles. The summed E-state index contributed by atoms with van der Waals surface area (Å²) in [6, 6.07) is 0. The van der Waals surface area contributed by atoms with Crippen LogP contribution in [-0.2, 0) is 0 Å². The molecule has 62 valence electrons. The molecule has 0 saturated carbocycles. The number of nitrogens with zero attached hydrogens (tertiary/aromatic N) is 4. The predicted octanol–water partition coefficient (Wildman–Crippen LogP) is -0.379. The third-order valence-corrected chi connectivity index (χ3v) is 1.72. The van der Waals surface area contributed by atoms with Gasteiger partial charge in [0.15, 0.2) is 5.82 Å². The van der Waals surface area contributed by atoms with Gasteiger partial charge in [0.25, 0.3) is 0 Å². The molecule has 5 nitrogen and oxygen atoms in total. The van der Waals surface area contributed by atoms with Gasteiger partial charge in [-0.15, -0.1) is 0 Å². The number of aliphatic imine (C=N–C) groups is 1. The summed E-state index contributed by atoms with van der Waals surface area (Å²) in [7, 11) is 1.72. The van der Waals surface area contributed by atoms with E-state index in [4.69, 9.17) is 0 Å². The summed E-state index contributed by atoms with van der Waals surface area (Å²) in [5, 5.41) is 9.28. The van der Waals surface area contributed by atoms with Gasteiger partial charge in [-0.2, -0.15) is 0 Å². The summed E-state index contributed by atoms with van der Waals surface area (Å²) in [5.41, 5.74) is 0.685. The van der Waals surface area contributed by atoms with Crippen molar-refractivity contribution in [3.05, 3.63) is 18.1 Å². The van der Waals surface area contributed by atoms with Crippen molar-refractivity contribution >= 4 is 12.0 Å². The lowest BCUT2D eigenvalue weighted by Gasteiger charge is -2.25. The van der Waals surface area contributed by atoms with Crippen LogP contribution < -0.4 is 4.90 Å². The Kier molecular flexibility index (Phi) is 1.51. The van der Waals surface area contributed by atoms with Crippen LogP contribution in [0, 0.1) is 0 Å². The SMILES string of the molecule is CN1c2nccnc2C=NC1O. The zero-order valence-electron chi connectivity index (χ0n) is 6.55. The van der Waals surface area contributed by atoms with Crippen molar-refractivity contribution in [1.82, 2.24) is 9.97 Å². The molecular weight excluding hydrogens is 156 g/mol. The molecular formula is C7H8N4O. The molecule has 0 aromatic carbocycles. The molecule has 1 aromatic rings. The summed E-state index contributed by atoms with van der Waals surface area (Å²) >= 11 is 0. The molecule has 0 fully saturated rings. The minimum Gasteiger partial charge on any atom is -0.355 e. The first-order valence-corrected chi connectivity index (χ1v) is 3.54. The number of hydrogen-bond donors (Lipinski definition) is 1. The van der Waals surface area contributed by atoms with Gasteiger partial charge in [-0.3, -0.25) is 0 Å². The first kappa shape index (κ1) is 7.17. The van der Waals surface area contributed by atoms with Gasteiger partial charge in [0.2, 0.25) is 6.35 Å². The zero-order chi connectivity index (χ0) is 8.55. The average Bonchev–Trinajstić information content (AvgIpc) is 2.12. The topological polar surface area (TPSA) is 61.6 Å². The molecule has 1 N–H and O–H groups in total. The molecule has 0 amide bonds. The van der Waals surface area contributed by atoms with Gasteiger partial charge in [-0.05, 0) is 0 Å². The Bertz CT molecular complexity index is 325. The number of fused-ring (bicyclic) bond motifs is 1. The van der Waals surface area contributed by atoms with Crippen molar-refractivity contribution in [3.8, 4) is 0 Å². The number of aromatic nitrogens is 2. The van der Waals surface area contributed by atoms with Gasteiger partial charge >= 0.3 is 0 Å². The predicted molar refractivity (Wildman–Crippen MR) is 44.0 cm³/mol. The van der Waals surface area contributed by atoms with Crippen LogP contribution in [0.2, 0.25) is 0 Å². The fourth-order valence-corrected chi connectivity index (χ4v) is 1.05. The molecule has 2 heterocycles. The second kappa shape index (κ2) is 2.53. The molecule has 1 atom stereocenters. The Morgan fingerprint density at radius 1 is 1.42 bits per heavy atom. The van der Waals surface area contributed by atoms with E-state index in [9.17, 15) is 5.11 Å². The molecule has 1 aliphatic heterocycles. The van der Waals surface area contributed by atoms with Crippen molar-refractivity contribution in [3.63, 3.8) is 0 Å². The van der Waals surface area contributed by atoms with Crippen molar-refractivity contribution in [2.24, 2.45) is 4.99 Å². The Hall–Kier alpha value is -1.49. The molecule has 2 rings (SSSR count). The van der Waals surface area contributed by atoms with Gasteiger partial charge < -0.3 is 10.0 Å².